The standard InChI is InChI=1S/C10H11FNO/c11-9-3-1-2-4-10(9)12-5-7-13-8-6-12/h1-3H,5-8H2. The second-order valence-electron chi connectivity index (χ2n) is 2.97. The zero-order chi connectivity index (χ0) is 9.10. The number of ether oxygens (including phenoxy) is 1. The van der Waals surface area contributed by atoms with Gasteiger partial charge < -0.3 is 9.64 Å². The molecule has 0 unspecified atom stereocenters. The maximum Gasteiger partial charge on any atom is 0.147 e. The average Bonchev–Trinajstić information content (AvgIpc) is 2.20. The molecule has 0 atom stereocenters. The topological polar surface area (TPSA) is 12.5 Å². The second-order valence-corrected chi connectivity index (χ2v) is 2.97. The molecular weight excluding hydrogens is 169 g/mol. The fraction of sp³-hybridized carbons (Fsp3) is 0.400. The highest BCUT2D eigenvalue weighted by Gasteiger charge is 2.13. The monoisotopic (exact) mass is 180 g/mol. The largest absolute Gasteiger partial charge is 0.378 e. The summed E-state index contributed by atoms with van der Waals surface area (Å²) in [6.07, 6.45) is 0. The summed E-state index contributed by atoms with van der Waals surface area (Å²) in [4.78, 5) is 1.96. The van der Waals surface area contributed by atoms with Gasteiger partial charge in [-0.25, -0.2) is 4.39 Å². The van der Waals surface area contributed by atoms with Gasteiger partial charge in [-0.1, -0.05) is 12.1 Å². The van der Waals surface area contributed by atoms with E-state index < -0.39 is 0 Å². The zero-order valence-electron chi connectivity index (χ0n) is 7.29. The molecule has 1 aromatic rings. The molecule has 1 radical (unpaired) electrons. The predicted molar refractivity (Wildman–Crippen MR) is 48.3 cm³/mol. The van der Waals surface area contributed by atoms with Gasteiger partial charge in [0, 0.05) is 19.2 Å². The van der Waals surface area contributed by atoms with Gasteiger partial charge in [-0.3, -0.25) is 0 Å². The van der Waals surface area contributed by atoms with Crippen LogP contribution >= 0.6 is 0 Å². The van der Waals surface area contributed by atoms with Gasteiger partial charge in [0.15, 0.2) is 0 Å². The molecule has 2 rings (SSSR count). The molecule has 0 N–H and O–H groups in total. The van der Waals surface area contributed by atoms with E-state index >= 15 is 0 Å². The van der Waals surface area contributed by atoms with E-state index in [0.717, 1.165) is 13.1 Å². The Morgan fingerprint density at radius 1 is 1.38 bits per heavy atom. The third-order valence-corrected chi connectivity index (χ3v) is 2.11. The molecule has 0 spiro atoms. The van der Waals surface area contributed by atoms with E-state index in [9.17, 15) is 4.39 Å². The minimum Gasteiger partial charge on any atom is -0.378 e. The highest BCUT2D eigenvalue weighted by Crippen LogP contribution is 2.18. The van der Waals surface area contributed by atoms with E-state index in [1.165, 1.54) is 6.07 Å². The number of hydrogen-bond acceptors (Lipinski definition) is 2. The summed E-state index contributed by atoms with van der Waals surface area (Å²) in [5.74, 6) is -0.204. The molecule has 2 nitrogen and oxygen atoms in total. The lowest BCUT2D eigenvalue weighted by atomic mass is 10.2. The Kier molecular flexibility index (Phi) is 2.45. The lowest BCUT2D eigenvalue weighted by Gasteiger charge is -2.28. The predicted octanol–water partition coefficient (Wildman–Crippen LogP) is 1.46. The molecule has 1 aliphatic heterocycles. The molecule has 13 heavy (non-hydrogen) atoms. The summed E-state index contributed by atoms with van der Waals surface area (Å²) in [7, 11) is 0. The number of halogens is 1. The normalized spacial score (nSPS) is 17.5. The summed E-state index contributed by atoms with van der Waals surface area (Å²) in [6, 6.07) is 7.74. The van der Waals surface area contributed by atoms with E-state index in [1.54, 1.807) is 12.1 Å². The van der Waals surface area contributed by atoms with Crippen molar-refractivity contribution in [2.45, 2.75) is 0 Å². The van der Waals surface area contributed by atoms with Gasteiger partial charge in [-0.2, -0.15) is 0 Å². The third kappa shape index (κ3) is 1.80. The van der Waals surface area contributed by atoms with Crippen LogP contribution in [0.15, 0.2) is 18.2 Å². The van der Waals surface area contributed by atoms with Crippen LogP contribution < -0.4 is 4.90 Å². The Bertz CT molecular complexity index is 284. The van der Waals surface area contributed by atoms with Crippen LogP contribution in [0.3, 0.4) is 0 Å². The van der Waals surface area contributed by atoms with Crippen molar-refractivity contribution in [2.24, 2.45) is 0 Å². The minimum atomic E-state index is -0.204. The van der Waals surface area contributed by atoms with Crippen LogP contribution in [-0.2, 0) is 4.74 Å². The molecule has 69 valence electrons. The highest BCUT2D eigenvalue weighted by atomic mass is 19.1. The smallest absolute Gasteiger partial charge is 0.147 e. The Balaban J connectivity index is 2.18. The van der Waals surface area contributed by atoms with Crippen molar-refractivity contribution in [2.75, 3.05) is 31.2 Å². The van der Waals surface area contributed by atoms with Gasteiger partial charge in [0.2, 0.25) is 0 Å². The Morgan fingerprint density at radius 2 is 2.15 bits per heavy atom. The number of nitrogens with zero attached hydrogens (tertiary/aromatic N) is 1. The summed E-state index contributed by atoms with van der Waals surface area (Å²) >= 11 is 0. The van der Waals surface area contributed by atoms with Crippen molar-refractivity contribution in [1.29, 1.82) is 0 Å². The maximum absolute atomic E-state index is 13.3. The lowest BCUT2D eigenvalue weighted by molar-refractivity contribution is 0.122. The lowest BCUT2D eigenvalue weighted by Crippen LogP contribution is -2.36. The fourth-order valence-electron chi connectivity index (χ4n) is 1.44. The van der Waals surface area contributed by atoms with E-state index in [-0.39, 0.29) is 5.82 Å². The van der Waals surface area contributed by atoms with Gasteiger partial charge >= 0.3 is 0 Å². The van der Waals surface area contributed by atoms with Crippen LogP contribution in [-0.4, -0.2) is 26.3 Å². The number of para-hydroxylation sites is 1. The quantitative estimate of drug-likeness (QED) is 0.648. The second kappa shape index (κ2) is 3.75. The molecular formula is C10H11FNO. The van der Waals surface area contributed by atoms with Gasteiger partial charge in [0.1, 0.15) is 5.82 Å². The Morgan fingerprint density at radius 3 is 2.85 bits per heavy atom. The van der Waals surface area contributed by atoms with Crippen LogP contribution in [0.2, 0.25) is 0 Å². The molecule has 1 aromatic carbocycles. The van der Waals surface area contributed by atoms with E-state index in [0.29, 0.717) is 18.9 Å². The molecule has 0 amide bonds. The van der Waals surface area contributed by atoms with Gasteiger partial charge in [-0.05, 0) is 6.07 Å². The minimum absolute atomic E-state index is 0.204. The molecule has 0 bridgehead atoms. The molecule has 3 heteroatoms. The van der Waals surface area contributed by atoms with E-state index in [2.05, 4.69) is 6.07 Å². The first kappa shape index (κ1) is 8.51. The van der Waals surface area contributed by atoms with Crippen LogP contribution in [0.4, 0.5) is 10.1 Å². The van der Waals surface area contributed by atoms with Crippen molar-refractivity contribution in [3.63, 3.8) is 0 Å². The van der Waals surface area contributed by atoms with Crippen LogP contribution in [0.25, 0.3) is 0 Å². The van der Waals surface area contributed by atoms with Gasteiger partial charge in [0.05, 0.1) is 18.9 Å². The number of anilines is 1. The fourth-order valence-corrected chi connectivity index (χ4v) is 1.44. The molecule has 1 saturated heterocycles. The van der Waals surface area contributed by atoms with Crippen LogP contribution in [0, 0.1) is 11.9 Å². The molecule has 1 fully saturated rings. The zero-order valence-corrected chi connectivity index (χ0v) is 7.29. The molecule has 1 heterocycles. The number of rotatable bonds is 1. The summed E-state index contributed by atoms with van der Waals surface area (Å²) in [5, 5.41) is 0. The highest BCUT2D eigenvalue weighted by molar-refractivity contribution is 5.46. The summed E-state index contributed by atoms with van der Waals surface area (Å²) < 4.78 is 18.4. The molecule has 0 saturated carbocycles. The van der Waals surface area contributed by atoms with Crippen molar-refractivity contribution in [3.8, 4) is 0 Å². The molecule has 0 aliphatic carbocycles. The summed E-state index contributed by atoms with van der Waals surface area (Å²) in [5.41, 5.74) is 0.561. The van der Waals surface area contributed by atoms with E-state index in [4.69, 9.17) is 4.74 Å². The number of hydrogen-bond donors (Lipinski definition) is 0. The van der Waals surface area contributed by atoms with Gasteiger partial charge in [0.25, 0.3) is 0 Å². The molecule has 0 aromatic heterocycles. The Labute approximate surface area is 76.9 Å². The number of benzene rings is 1. The first-order chi connectivity index (χ1) is 6.38. The maximum atomic E-state index is 13.3. The van der Waals surface area contributed by atoms with Gasteiger partial charge in [-0.15, -0.1) is 0 Å². The summed E-state index contributed by atoms with van der Waals surface area (Å²) in [6.45, 7) is 2.83. The van der Waals surface area contributed by atoms with Crippen molar-refractivity contribution in [3.05, 3.63) is 30.1 Å². The third-order valence-electron chi connectivity index (χ3n) is 2.11. The number of morpholine rings is 1. The van der Waals surface area contributed by atoms with Crippen LogP contribution in [0.1, 0.15) is 0 Å². The van der Waals surface area contributed by atoms with Crippen molar-refractivity contribution >= 4 is 5.69 Å². The first-order valence-corrected chi connectivity index (χ1v) is 4.37. The van der Waals surface area contributed by atoms with E-state index in [1.807, 2.05) is 4.90 Å². The van der Waals surface area contributed by atoms with Crippen molar-refractivity contribution in [1.82, 2.24) is 0 Å². The average molecular weight is 180 g/mol. The van der Waals surface area contributed by atoms with Crippen molar-refractivity contribution < 1.29 is 9.13 Å². The SMILES string of the molecule is Fc1ccc[c]c1N1CCOCC1. The molecule has 1 aliphatic rings. The Hall–Kier alpha value is -1.09. The first-order valence-electron chi connectivity index (χ1n) is 4.37. The van der Waals surface area contributed by atoms with Crippen LogP contribution in [0.5, 0.6) is 0 Å².